The lowest BCUT2D eigenvalue weighted by atomic mass is 10.1. The van der Waals surface area contributed by atoms with Crippen LogP contribution in [0.2, 0.25) is 0 Å². The summed E-state index contributed by atoms with van der Waals surface area (Å²) in [6.07, 6.45) is 0. The van der Waals surface area contributed by atoms with E-state index in [2.05, 4.69) is 9.97 Å². The molecule has 5 nitrogen and oxygen atoms in total. The van der Waals surface area contributed by atoms with Gasteiger partial charge >= 0.3 is 6.01 Å². The molecule has 5 heteroatoms. The highest BCUT2D eigenvalue weighted by molar-refractivity contribution is 5.93. The van der Waals surface area contributed by atoms with Gasteiger partial charge in [0.15, 0.2) is 0 Å². The molecule has 2 rings (SSSR count). The van der Waals surface area contributed by atoms with Gasteiger partial charge in [0.25, 0.3) is 0 Å². The van der Waals surface area contributed by atoms with Crippen LogP contribution in [0.15, 0.2) is 24.3 Å². The maximum Gasteiger partial charge on any atom is 0.322 e. The van der Waals surface area contributed by atoms with Gasteiger partial charge < -0.3 is 10.5 Å². The number of ether oxygens (including phenoxy) is 1. The highest BCUT2D eigenvalue weighted by atomic mass is 16.5. The van der Waals surface area contributed by atoms with Crippen molar-refractivity contribution >= 4 is 5.84 Å². The molecular formula is C14H16N4O. The molecule has 0 aliphatic rings. The molecule has 0 atom stereocenters. The maximum atomic E-state index is 7.42. The van der Waals surface area contributed by atoms with Gasteiger partial charge in [0.2, 0.25) is 0 Å². The summed E-state index contributed by atoms with van der Waals surface area (Å²) >= 11 is 0. The monoisotopic (exact) mass is 256 g/mol. The molecule has 0 fully saturated rings. The second-order valence-corrected chi connectivity index (χ2v) is 4.46. The van der Waals surface area contributed by atoms with E-state index < -0.39 is 0 Å². The lowest BCUT2D eigenvalue weighted by Gasteiger charge is -2.09. The van der Waals surface area contributed by atoms with Crippen LogP contribution in [0, 0.1) is 26.2 Å². The van der Waals surface area contributed by atoms with E-state index in [0.717, 1.165) is 11.1 Å². The van der Waals surface area contributed by atoms with Crippen molar-refractivity contribution in [3.8, 4) is 11.8 Å². The summed E-state index contributed by atoms with van der Waals surface area (Å²) in [5.41, 5.74) is 8.61. The number of aromatic nitrogens is 2. The van der Waals surface area contributed by atoms with Crippen LogP contribution >= 0.6 is 0 Å². The number of amidine groups is 1. The largest absolute Gasteiger partial charge is 0.424 e. The number of nitrogens with zero attached hydrogens (tertiary/aromatic N) is 2. The van der Waals surface area contributed by atoms with Crippen molar-refractivity contribution in [1.82, 2.24) is 9.97 Å². The quantitative estimate of drug-likeness (QED) is 0.652. The maximum absolute atomic E-state index is 7.42. The third-order valence-electron chi connectivity index (χ3n) is 2.65. The Morgan fingerprint density at radius 1 is 1.16 bits per heavy atom. The SMILES string of the molecule is Cc1ccc(C)c(Oc2nc(C)cc(C(=N)N)n2)c1. The smallest absolute Gasteiger partial charge is 0.322 e. The van der Waals surface area contributed by atoms with Crippen LogP contribution in [0.4, 0.5) is 0 Å². The fourth-order valence-corrected chi connectivity index (χ4v) is 1.64. The molecule has 98 valence electrons. The van der Waals surface area contributed by atoms with E-state index in [-0.39, 0.29) is 11.8 Å². The first-order valence-electron chi connectivity index (χ1n) is 5.91. The van der Waals surface area contributed by atoms with E-state index in [9.17, 15) is 0 Å². The van der Waals surface area contributed by atoms with Crippen molar-refractivity contribution < 1.29 is 4.74 Å². The van der Waals surface area contributed by atoms with Gasteiger partial charge in [-0.25, -0.2) is 4.98 Å². The normalized spacial score (nSPS) is 10.3. The van der Waals surface area contributed by atoms with Gasteiger partial charge in [-0.2, -0.15) is 4.98 Å². The molecule has 0 unspecified atom stereocenters. The van der Waals surface area contributed by atoms with E-state index in [0.29, 0.717) is 17.1 Å². The minimum absolute atomic E-state index is 0.101. The molecule has 1 aromatic heterocycles. The first-order chi connectivity index (χ1) is 8.95. The van der Waals surface area contributed by atoms with E-state index in [1.807, 2.05) is 39.0 Å². The van der Waals surface area contributed by atoms with Gasteiger partial charge in [0.1, 0.15) is 17.3 Å². The molecule has 2 aromatic rings. The van der Waals surface area contributed by atoms with Crippen LogP contribution in [-0.2, 0) is 0 Å². The molecule has 19 heavy (non-hydrogen) atoms. The van der Waals surface area contributed by atoms with Gasteiger partial charge in [-0.1, -0.05) is 12.1 Å². The van der Waals surface area contributed by atoms with Crippen molar-refractivity contribution in [2.24, 2.45) is 5.73 Å². The molecule has 0 aliphatic carbocycles. The molecule has 1 heterocycles. The molecular weight excluding hydrogens is 240 g/mol. The number of aryl methyl sites for hydroxylation is 3. The van der Waals surface area contributed by atoms with Crippen molar-refractivity contribution in [3.63, 3.8) is 0 Å². The Balaban J connectivity index is 2.38. The molecule has 0 saturated heterocycles. The topological polar surface area (TPSA) is 84.9 Å². The number of benzene rings is 1. The summed E-state index contributed by atoms with van der Waals surface area (Å²) in [7, 11) is 0. The van der Waals surface area contributed by atoms with Gasteiger partial charge in [0.05, 0.1) is 0 Å². The molecule has 0 spiro atoms. The predicted octanol–water partition coefficient (Wildman–Crippen LogP) is 2.48. The highest BCUT2D eigenvalue weighted by Gasteiger charge is 2.08. The minimum atomic E-state index is -0.101. The number of hydrogen-bond acceptors (Lipinski definition) is 4. The van der Waals surface area contributed by atoms with Crippen LogP contribution < -0.4 is 10.5 Å². The Morgan fingerprint density at radius 2 is 1.89 bits per heavy atom. The Bertz CT molecular complexity index is 637. The second kappa shape index (κ2) is 5.06. The van der Waals surface area contributed by atoms with Crippen molar-refractivity contribution in [3.05, 3.63) is 46.8 Å². The van der Waals surface area contributed by atoms with Crippen LogP contribution in [0.25, 0.3) is 0 Å². The Morgan fingerprint density at radius 3 is 2.58 bits per heavy atom. The third kappa shape index (κ3) is 3.07. The van der Waals surface area contributed by atoms with Crippen LogP contribution in [-0.4, -0.2) is 15.8 Å². The first-order valence-corrected chi connectivity index (χ1v) is 5.91. The molecule has 0 amide bonds. The van der Waals surface area contributed by atoms with E-state index in [4.69, 9.17) is 15.9 Å². The second-order valence-electron chi connectivity index (χ2n) is 4.46. The third-order valence-corrected chi connectivity index (χ3v) is 2.65. The highest BCUT2D eigenvalue weighted by Crippen LogP contribution is 2.24. The first kappa shape index (κ1) is 13.0. The van der Waals surface area contributed by atoms with Gasteiger partial charge in [-0.3, -0.25) is 5.41 Å². The van der Waals surface area contributed by atoms with Gasteiger partial charge in [0, 0.05) is 5.69 Å². The van der Waals surface area contributed by atoms with Crippen molar-refractivity contribution in [2.75, 3.05) is 0 Å². The Labute approximate surface area is 112 Å². The van der Waals surface area contributed by atoms with Gasteiger partial charge in [-0.05, 0) is 44.0 Å². The van der Waals surface area contributed by atoms with Crippen LogP contribution in [0.3, 0.4) is 0 Å². The number of nitrogen functional groups attached to an aromatic ring is 1. The van der Waals surface area contributed by atoms with Crippen molar-refractivity contribution in [1.29, 1.82) is 5.41 Å². The summed E-state index contributed by atoms with van der Waals surface area (Å²) in [4.78, 5) is 8.31. The zero-order valence-electron chi connectivity index (χ0n) is 11.2. The molecule has 3 N–H and O–H groups in total. The van der Waals surface area contributed by atoms with E-state index in [1.54, 1.807) is 6.07 Å². The molecule has 0 bridgehead atoms. The minimum Gasteiger partial charge on any atom is -0.424 e. The lowest BCUT2D eigenvalue weighted by molar-refractivity contribution is 0.436. The van der Waals surface area contributed by atoms with Crippen molar-refractivity contribution in [2.45, 2.75) is 20.8 Å². The zero-order chi connectivity index (χ0) is 14.0. The fourth-order valence-electron chi connectivity index (χ4n) is 1.64. The number of nitrogens with two attached hydrogens (primary N) is 1. The lowest BCUT2D eigenvalue weighted by Crippen LogP contribution is -2.14. The van der Waals surface area contributed by atoms with Gasteiger partial charge in [-0.15, -0.1) is 0 Å². The summed E-state index contributed by atoms with van der Waals surface area (Å²) in [6.45, 7) is 5.75. The number of hydrogen-bond donors (Lipinski definition) is 2. The average molecular weight is 256 g/mol. The Kier molecular flexibility index (Phi) is 3.46. The standard InChI is InChI=1S/C14H16N4O/c1-8-4-5-9(2)12(6-8)19-14-17-10(3)7-11(18-14)13(15)16/h4-7H,1-3H3,(H3,15,16). The Hall–Kier alpha value is -2.43. The number of nitrogens with one attached hydrogen (secondary N) is 1. The fraction of sp³-hybridized carbons (Fsp3) is 0.214. The predicted molar refractivity (Wildman–Crippen MR) is 73.8 cm³/mol. The summed E-state index contributed by atoms with van der Waals surface area (Å²) in [6, 6.07) is 7.78. The zero-order valence-corrected chi connectivity index (χ0v) is 11.2. The summed E-state index contributed by atoms with van der Waals surface area (Å²) < 4.78 is 5.69. The summed E-state index contributed by atoms with van der Waals surface area (Å²) in [5.74, 6) is 0.608. The van der Waals surface area contributed by atoms with E-state index in [1.165, 1.54) is 0 Å². The molecule has 0 radical (unpaired) electrons. The number of rotatable bonds is 3. The molecule has 1 aromatic carbocycles. The molecule has 0 aliphatic heterocycles. The van der Waals surface area contributed by atoms with Crippen LogP contribution in [0.5, 0.6) is 11.8 Å². The summed E-state index contributed by atoms with van der Waals surface area (Å²) in [5, 5.41) is 7.42. The molecule has 0 saturated carbocycles. The van der Waals surface area contributed by atoms with E-state index >= 15 is 0 Å². The average Bonchev–Trinajstić information content (AvgIpc) is 2.33. The van der Waals surface area contributed by atoms with Crippen LogP contribution in [0.1, 0.15) is 22.5 Å².